The van der Waals surface area contributed by atoms with Gasteiger partial charge in [-0.05, 0) is 12.1 Å². The summed E-state index contributed by atoms with van der Waals surface area (Å²) in [5, 5.41) is 2.81. The van der Waals surface area contributed by atoms with Crippen LogP contribution in [0.3, 0.4) is 0 Å². The maximum Gasteiger partial charge on any atom is 0.245 e. The molecule has 0 bridgehead atoms. The van der Waals surface area contributed by atoms with Crippen molar-refractivity contribution in [2.45, 2.75) is 13.0 Å². The summed E-state index contributed by atoms with van der Waals surface area (Å²) in [6.07, 6.45) is 0.657. The number of imidazole rings is 1. The number of nitrogens with zero attached hydrogens (tertiary/aromatic N) is 2. The number of benzene rings is 1. The van der Waals surface area contributed by atoms with Crippen molar-refractivity contribution in [2.75, 3.05) is 20.3 Å². The van der Waals surface area contributed by atoms with Gasteiger partial charge in [0.05, 0.1) is 17.6 Å². The Labute approximate surface area is 132 Å². The van der Waals surface area contributed by atoms with Crippen LogP contribution in [0.2, 0.25) is 0 Å². The van der Waals surface area contributed by atoms with E-state index in [-0.39, 0.29) is 12.5 Å². The minimum Gasteiger partial charge on any atom is -0.375 e. The van der Waals surface area contributed by atoms with Gasteiger partial charge in [-0.15, -0.1) is 0 Å². The standard InChI is InChI=1S/C15H18BrN3O2/c1-11(16)9-19-13-6-4-3-5-12(13)18-14(19)7-8-17-15(20)10-21-2/h3-6H,1,7-10H2,2H3,(H,17,20). The predicted octanol–water partition coefficient (Wildman–Crippen LogP) is 2.25. The van der Waals surface area contributed by atoms with E-state index < -0.39 is 0 Å². The van der Waals surface area contributed by atoms with Crippen molar-refractivity contribution in [2.24, 2.45) is 0 Å². The summed E-state index contributed by atoms with van der Waals surface area (Å²) in [6, 6.07) is 7.97. The Morgan fingerprint density at radius 1 is 1.48 bits per heavy atom. The first-order valence-corrected chi connectivity index (χ1v) is 7.44. The van der Waals surface area contributed by atoms with Crippen LogP contribution in [0, 0.1) is 0 Å². The molecule has 0 atom stereocenters. The number of hydrogen-bond donors (Lipinski definition) is 1. The summed E-state index contributed by atoms with van der Waals surface area (Å²) < 4.78 is 7.77. The number of carbonyl (C=O) groups excluding carboxylic acids is 1. The second-order valence-corrected chi connectivity index (χ2v) is 5.77. The number of ether oxygens (including phenoxy) is 1. The molecule has 0 radical (unpaired) electrons. The lowest BCUT2D eigenvalue weighted by Gasteiger charge is -2.09. The maximum absolute atomic E-state index is 11.4. The molecule has 5 nitrogen and oxygen atoms in total. The molecule has 0 spiro atoms. The maximum atomic E-state index is 11.4. The summed E-state index contributed by atoms with van der Waals surface area (Å²) in [5.41, 5.74) is 2.01. The van der Waals surface area contributed by atoms with Gasteiger partial charge in [0.15, 0.2) is 0 Å². The van der Waals surface area contributed by atoms with Gasteiger partial charge in [0.1, 0.15) is 12.4 Å². The highest BCUT2D eigenvalue weighted by Gasteiger charge is 2.11. The lowest BCUT2D eigenvalue weighted by molar-refractivity contribution is -0.124. The molecule has 0 aliphatic heterocycles. The average molecular weight is 352 g/mol. The zero-order valence-corrected chi connectivity index (χ0v) is 13.5. The van der Waals surface area contributed by atoms with E-state index in [1.165, 1.54) is 7.11 Å². The van der Waals surface area contributed by atoms with E-state index >= 15 is 0 Å². The molecule has 112 valence electrons. The Morgan fingerprint density at radius 2 is 2.24 bits per heavy atom. The van der Waals surface area contributed by atoms with Crippen LogP contribution in [0.5, 0.6) is 0 Å². The molecule has 1 N–H and O–H groups in total. The van der Waals surface area contributed by atoms with Gasteiger partial charge in [-0.25, -0.2) is 4.98 Å². The quantitative estimate of drug-likeness (QED) is 0.832. The molecular formula is C15H18BrN3O2. The number of hydrogen-bond acceptors (Lipinski definition) is 3. The van der Waals surface area contributed by atoms with Crippen LogP contribution in [0.25, 0.3) is 11.0 Å². The predicted molar refractivity (Wildman–Crippen MR) is 86.4 cm³/mol. The largest absolute Gasteiger partial charge is 0.375 e. The third-order valence-electron chi connectivity index (χ3n) is 3.01. The molecule has 0 saturated heterocycles. The number of amides is 1. The molecule has 2 rings (SSSR count). The fourth-order valence-corrected chi connectivity index (χ4v) is 2.41. The Balaban J connectivity index is 2.14. The number of aromatic nitrogens is 2. The summed E-state index contributed by atoms with van der Waals surface area (Å²) in [7, 11) is 1.50. The van der Waals surface area contributed by atoms with E-state index in [0.29, 0.717) is 19.5 Å². The minimum atomic E-state index is -0.120. The Morgan fingerprint density at radius 3 is 2.95 bits per heavy atom. The van der Waals surface area contributed by atoms with Crippen molar-refractivity contribution >= 4 is 32.9 Å². The number of allylic oxidation sites excluding steroid dienone is 1. The Hall–Kier alpha value is -1.66. The van der Waals surface area contributed by atoms with E-state index in [2.05, 4.69) is 37.4 Å². The average Bonchev–Trinajstić information content (AvgIpc) is 2.77. The van der Waals surface area contributed by atoms with Gasteiger partial charge < -0.3 is 14.6 Å². The summed E-state index contributed by atoms with van der Waals surface area (Å²) in [5.74, 6) is 0.805. The van der Waals surface area contributed by atoms with Crippen LogP contribution in [-0.2, 0) is 22.5 Å². The number of para-hydroxylation sites is 2. The van der Waals surface area contributed by atoms with E-state index in [0.717, 1.165) is 21.3 Å². The van der Waals surface area contributed by atoms with Crippen molar-refractivity contribution < 1.29 is 9.53 Å². The Kier molecular flexibility index (Phi) is 5.52. The molecule has 0 aliphatic carbocycles. The van der Waals surface area contributed by atoms with Crippen LogP contribution in [0.4, 0.5) is 0 Å². The van der Waals surface area contributed by atoms with Crippen LogP contribution in [0.15, 0.2) is 35.3 Å². The lowest BCUT2D eigenvalue weighted by atomic mass is 10.3. The molecule has 21 heavy (non-hydrogen) atoms. The fraction of sp³-hybridized carbons (Fsp3) is 0.333. The number of halogens is 1. The van der Waals surface area contributed by atoms with Crippen molar-refractivity contribution in [3.63, 3.8) is 0 Å². The first kappa shape index (κ1) is 15.7. The fourth-order valence-electron chi connectivity index (χ4n) is 2.16. The van der Waals surface area contributed by atoms with E-state index in [9.17, 15) is 4.79 Å². The van der Waals surface area contributed by atoms with Gasteiger partial charge in [-0.2, -0.15) is 0 Å². The van der Waals surface area contributed by atoms with Crippen molar-refractivity contribution in [3.05, 3.63) is 41.2 Å². The molecule has 0 saturated carbocycles. The van der Waals surface area contributed by atoms with Crippen LogP contribution in [0.1, 0.15) is 5.82 Å². The first-order chi connectivity index (χ1) is 10.1. The van der Waals surface area contributed by atoms with Crippen LogP contribution in [-0.4, -0.2) is 35.7 Å². The number of fused-ring (bicyclic) bond motifs is 1. The van der Waals surface area contributed by atoms with E-state index in [4.69, 9.17) is 4.74 Å². The third kappa shape index (κ3) is 4.15. The summed E-state index contributed by atoms with van der Waals surface area (Å²) in [6.45, 7) is 5.15. The molecule has 1 aromatic heterocycles. The number of nitrogens with one attached hydrogen (secondary N) is 1. The highest BCUT2D eigenvalue weighted by atomic mass is 79.9. The van der Waals surface area contributed by atoms with Crippen molar-refractivity contribution in [3.8, 4) is 0 Å². The summed E-state index contributed by atoms with van der Waals surface area (Å²) in [4.78, 5) is 16.0. The smallest absolute Gasteiger partial charge is 0.245 e. The second kappa shape index (κ2) is 7.38. The molecule has 0 unspecified atom stereocenters. The van der Waals surface area contributed by atoms with Crippen molar-refractivity contribution in [1.29, 1.82) is 0 Å². The molecule has 0 aliphatic rings. The molecular weight excluding hydrogens is 334 g/mol. The van der Waals surface area contributed by atoms with Gasteiger partial charge in [-0.1, -0.05) is 34.6 Å². The zero-order chi connectivity index (χ0) is 15.2. The monoisotopic (exact) mass is 351 g/mol. The SMILES string of the molecule is C=C(Br)Cn1c(CCNC(=O)COC)nc2ccccc21. The topological polar surface area (TPSA) is 56.2 Å². The lowest BCUT2D eigenvalue weighted by Crippen LogP contribution is -2.29. The minimum absolute atomic E-state index is 0.0780. The molecule has 0 fully saturated rings. The molecule has 2 aromatic rings. The number of carbonyl (C=O) groups is 1. The summed E-state index contributed by atoms with van der Waals surface area (Å²) >= 11 is 3.40. The van der Waals surface area contributed by atoms with Crippen molar-refractivity contribution in [1.82, 2.24) is 14.9 Å². The van der Waals surface area contributed by atoms with E-state index in [1.807, 2.05) is 24.3 Å². The van der Waals surface area contributed by atoms with Gasteiger partial charge in [0.2, 0.25) is 5.91 Å². The van der Waals surface area contributed by atoms with Gasteiger partial charge >= 0.3 is 0 Å². The van der Waals surface area contributed by atoms with Gasteiger partial charge in [0.25, 0.3) is 0 Å². The highest BCUT2D eigenvalue weighted by molar-refractivity contribution is 9.11. The first-order valence-electron chi connectivity index (χ1n) is 6.65. The van der Waals surface area contributed by atoms with Crippen LogP contribution >= 0.6 is 15.9 Å². The van der Waals surface area contributed by atoms with Crippen LogP contribution < -0.4 is 5.32 Å². The third-order valence-corrected chi connectivity index (χ3v) is 3.26. The van der Waals surface area contributed by atoms with Gasteiger partial charge in [0, 0.05) is 24.6 Å². The molecule has 1 heterocycles. The Bertz CT molecular complexity index is 651. The van der Waals surface area contributed by atoms with Gasteiger partial charge in [-0.3, -0.25) is 4.79 Å². The number of methoxy groups -OCH3 is 1. The molecule has 6 heteroatoms. The normalized spacial score (nSPS) is 10.8. The zero-order valence-electron chi connectivity index (χ0n) is 11.9. The number of rotatable bonds is 7. The molecule has 1 amide bonds. The second-order valence-electron chi connectivity index (χ2n) is 4.65. The highest BCUT2D eigenvalue weighted by Crippen LogP contribution is 2.19. The molecule has 1 aromatic carbocycles. The van der Waals surface area contributed by atoms with E-state index in [1.54, 1.807) is 0 Å².